The van der Waals surface area contributed by atoms with E-state index in [2.05, 4.69) is 0 Å². The summed E-state index contributed by atoms with van der Waals surface area (Å²) in [5, 5.41) is 0.516. The number of para-hydroxylation sites is 1. The van der Waals surface area contributed by atoms with Crippen LogP contribution in [0.2, 0.25) is 5.02 Å². The molecule has 2 amide bonds. The van der Waals surface area contributed by atoms with Crippen molar-refractivity contribution in [3.8, 4) is 11.5 Å². The minimum atomic E-state index is -0.518. The third-order valence-corrected chi connectivity index (χ3v) is 5.93. The summed E-state index contributed by atoms with van der Waals surface area (Å²) in [7, 11) is 0. The summed E-state index contributed by atoms with van der Waals surface area (Å²) >= 11 is 6.41. The van der Waals surface area contributed by atoms with E-state index >= 15 is 0 Å². The molecule has 3 aromatic rings. The van der Waals surface area contributed by atoms with E-state index in [1.54, 1.807) is 29.2 Å². The lowest BCUT2D eigenvalue weighted by atomic mass is 9.98. The Morgan fingerprint density at radius 3 is 2.48 bits per heavy atom. The number of rotatable bonds is 5. The monoisotopic (exact) mass is 434 g/mol. The van der Waals surface area contributed by atoms with Crippen LogP contribution in [0.25, 0.3) is 0 Å². The number of halogens is 1. The molecule has 0 radical (unpaired) electrons. The summed E-state index contributed by atoms with van der Waals surface area (Å²) in [6.45, 7) is 4.49. The lowest BCUT2D eigenvalue weighted by Gasteiger charge is -2.18. The number of carbonyl (C=O) groups is 2. The van der Waals surface area contributed by atoms with Crippen LogP contribution < -0.4 is 15.4 Å². The normalized spacial score (nSPS) is 15.9. The number of carbonyl (C=O) groups excluding carboxylic acids is 2. The van der Waals surface area contributed by atoms with Gasteiger partial charge in [0.05, 0.1) is 5.02 Å². The first-order chi connectivity index (χ1) is 14.8. The first kappa shape index (κ1) is 20.9. The molecular formula is C25H23ClN2O3. The van der Waals surface area contributed by atoms with E-state index in [0.29, 0.717) is 35.0 Å². The molecule has 0 aliphatic carbocycles. The second-order valence-electron chi connectivity index (χ2n) is 7.83. The van der Waals surface area contributed by atoms with Crippen molar-refractivity contribution >= 4 is 29.1 Å². The largest absolute Gasteiger partial charge is 0.455 e. The number of benzene rings is 3. The highest BCUT2D eigenvalue weighted by atomic mass is 35.5. The molecule has 158 valence electrons. The number of ether oxygens (including phenoxy) is 1. The van der Waals surface area contributed by atoms with Gasteiger partial charge in [-0.05, 0) is 60.9 Å². The number of hydrogen-bond donors (Lipinski definition) is 1. The van der Waals surface area contributed by atoms with Crippen molar-refractivity contribution in [3.05, 3.63) is 87.9 Å². The maximum Gasteiger partial charge on any atom is 0.248 e. The Kier molecular flexibility index (Phi) is 5.70. The molecule has 31 heavy (non-hydrogen) atoms. The van der Waals surface area contributed by atoms with Crippen molar-refractivity contribution in [1.29, 1.82) is 0 Å². The van der Waals surface area contributed by atoms with E-state index in [4.69, 9.17) is 22.1 Å². The second kappa shape index (κ2) is 8.44. The molecule has 4 rings (SSSR count). The Bertz CT molecular complexity index is 1150. The van der Waals surface area contributed by atoms with Crippen molar-refractivity contribution in [1.82, 2.24) is 0 Å². The van der Waals surface area contributed by atoms with Gasteiger partial charge in [-0.25, -0.2) is 0 Å². The second-order valence-corrected chi connectivity index (χ2v) is 8.24. The van der Waals surface area contributed by atoms with E-state index in [1.165, 1.54) is 0 Å². The molecule has 2 N–H and O–H groups in total. The first-order valence-corrected chi connectivity index (χ1v) is 10.4. The van der Waals surface area contributed by atoms with Crippen LogP contribution in [0.5, 0.6) is 11.5 Å². The summed E-state index contributed by atoms with van der Waals surface area (Å²) < 4.78 is 6.17. The van der Waals surface area contributed by atoms with Crippen LogP contribution in [0.15, 0.2) is 60.7 Å². The molecule has 0 unspecified atom stereocenters. The minimum absolute atomic E-state index is 0.00112. The van der Waals surface area contributed by atoms with Gasteiger partial charge in [0.25, 0.3) is 0 Å². The molecule has 5 nitrogen and oxygen atoms in total. The number of nitrogens with zero attached hydrogens (tertiary/aromatic N) is 1. The number of primary amides is 1. The third kappa shape index (κ3) is 4.28. The molecule has 1 fully saturated rings. The van der Waals surface area contributed by atoms with Gasteiger partial charge in [-0.1, -0.05) is 41.9 Å². The fourth-order valence-corrected chi connectivity index (χ4v) is 4.09. The Balaban J connectivity index is 1.59. The van der Waals surface area contributed by atoms with Gasteiger partial charge >= 0.3 is 0 Å². The molecule has 0 bridgehead atoms. The summed E-state index contributed by atoms with van der Waals surface area (Å²) in [6.07, 6.45) is 0.366. The van der Waals surface area contributed by atoms with Gasteiger partial charge in [0.2, 0.25) is 11.8 Å². The van der Waals surface area contributed by atoms with Gasteiger partial charge in [-0.2, -0.15) is 0 Å². The topological polar surface area (TPSA) is 72.6 Å². The average Bonchev–Trinajstić information content (AvgIpc) is 3.14. The standard InChI is InChI=1S/C25H23ClN2O3/c1-15-5-3-6-16(2)24(15)31-22-12-17(9-10-21(22)26)19-13-23(29)28(14-19)20-8-4-7-18(11-20)25(27)30/h3-12,19H,13-14H2,1-2H3,(H2,27,30)/t19-/m0/s1. The highest BCUT2D eigenvalue weighted by molar-refractivity contribution is 6.32. The van der Waals surface area contributed by atoms with Crippen molar-refractivity contribution < 1.29 is 14.3 Å². The number of amides is 2. The maximum atomic E-state index is 12.7. The van der Waals surface area contributed by atoms with Gasteiger partial charge in [-0.3, -0.25) is 9.59 Å². The van der Waals surface area contributed by atoms with Crippen LogP contribution >= 0.6 is 11.6 Å². The Hall–Kier alpha value is -3.31. The van der Waals surface area contributed by atoms with Gasteiger partial charge in [0, 0.05) is 30.1 Å². The molecule has 1 atom stereocenters. The molecule has 1 aliphatic heterocycles. The SMILES string of the molecule is Cc1cccc(C)c1Oc1cc([C@H]2CC(=O)N(c3cccc(C(N)=O)c3)C2)ccc1Cl. The van der Waals surface area contributed by atoms with Crippen LogP contribution in [-0.4, -0.2) is 18.4 Å². The Morgan fingerprint density at radius 2 is 1.77 bits per heavy atom. The zero-order valence-corrected chi connectivity index (χ0v) is 18.1. The molecule has 6 heteroatoms. The van der Waals surface area contributed by atoms with Crippen molar-refractivity contribution in [2.45, 2.75) is 26.2 Å². The van der Waals surface area contributed by atoms with E-state index in [0.717, 1.165) is 22.4 Å². The quantitative estimate of drug-likeness (QED) is 0.586. The number of hydrogen-bond acceptors (Lipinski definition) is 3. The highest BCUT2D eigenvalue weighted by Gasteiger charge is 2.32. The highest BCUT2D eigenvalue weighted by Crippen LogP contribution is 2.38. The van der Waals surface area contributed by atoms with E-state index in [-0.39, 0.29) is 11.8 Å². The van der Waals surface area contributed by atoms with Crippen LogP contribution in [0, 0.1) is 13.8 Å². The Labute approximate surface area is 186 Å². The van der Waals surface area contributed by atoms with Crippen LogP contribution in [0.3, 0.4) is 0 Å². The molecular weight excluding hydrogens is 412 g/mol. The van der Waals surface area contributed by atoms with Crippen molar-refractivity contribution in [3.63, 3.8) is 0 Å². The van der Waals surface area contributed by atoms with E-state index in [9.17, 15) is 9.59 Å². The molecule has 1 saturated heterocycles. The van der Waals surface area contributed by atoms with E-state index < -0.39 is 5.91 Å². The van der Waals surface area contributed by atoms with Gasteiger partial charge in [0.15, 0.2) is 0 Å². The average molecular weight is 435 g/mol. The molecule has 1 heterocycles. The van der Waals surface area contributed by atoms with Crippen molar-refractivity contribution in [2.24, 2.45) is 5.73 Å². The van der Waals surface area contributed by atoms with Gasteiger partial charge in [-0.15, -0.1) is 0 Å². The number of aryl methyl sites for hydroxylation is 2. The van der Waals surface area contributed by atoms with Crippen LogP contribution in [0.1, 0.15) is 39.4 Å². The number of anilines is 1. The van der Waals surface area contributed by atoms with E-state index in [1.807, 2.05) is 50.2 Å². The smallest absolute Gasteiger partial charge is 0.248 e. The zero-order valence-electron chi connectivity index (χ0n) is 17.4. The molecule has 0 saturated carbocycles. The summed E-state index contributed by atoms with van der Waals surface area (Å²) in [4.78, 5) is 25.9. The third-order valence-electron chi connectivity index (χ3n) is 5.61. The van der Waals surface area contributed by atoms with Crippen LogP contribution in [-0.2, 0) is 4.79 Å². The minimum Gasteiger partial charge on any atom is -0.455 e. The summed E-state index contributed by atoms with van der Waals surface area (Å²) in [5.74, 6) is 0.823. The first-order valence-electron chi connectivity index (χ1n) is 10.1. The lowest BCUT2D eigenvalue weighted by Crippen LogP contribution is -2.24. The summed E-state index contributed by atoms with van der Waals surface area (Å²) in [6, 6.07) is 18.5. The Morgan fingerprint density at radius 1 is 1.06 bits per heavy atom. The fraction of sp³-hybridized carbons (Fsp3) is 0.200. The summed E-state index contributed by atoms with van der Waals surface area (Å²) in [5.41, 5.74) is 9.46. The van der Waals surface area contributed by atoms with Crippen molar-refractivity contribution in [2.75, 3.05) is 11.4 Å². The predicted octanol–water partition coefficient (Wildman–Crippen LogP) is 5.37. The zero-order chi connectivity index (χ0) is 22.1. The maximum absolute atomic E-state index is 12.7. The predicted molar refractivity (Wildman–Crippen MR) is 122 cm³/mol. The van der Waals surface area contributed by atoms with Gasteiger partial charge < -0.3 is 15.4 Å². The number of nitrogens with two attached hydrogens (primary N) is 1. The molecule has 1 aliphatic rings. The van der Waals surface area contributed by atoms with Gasteiger partial charge in [0.1, 0.15) is 11.5 Å². The molecule has 3 aromatic carbocycles. The fourth-order valence-electron chi connectivity index (χ4n) is 3.93. The molecule has 0 spiro atoms. The lowest BCUT2D eigenvalue weighted by molar-refractivity contribution is -0.117. The van der Waals surface area contributed by atoms with Crippen LogP contribution in [0.4, 0.5) is 5.69 Å². The molecule has 0 aromatic heterocycles.